The van der Waals surface area contributed by atoms with E-state index in [0.29, 0.717) is 0 Å². The molecule has 3 rings (SSSR count). The van der Waals surface area contributed by atoms with Gasteiger partial charge in [-0.1, -0.05) is 6.07 Å². The molecule has 0 unspecified atom stereocenters. The maximum absolute atomic E-state index is 2.30. The van der Waals surface area contributed by atoms with E-state index in [1.165, 1.54) is 22.5 Å². The van der Waals surface area contributed by atoms with Crippen LogP contribution in [-0.2, 0) is 6.42 Å². The monoisotopic (exact) mass is 185 g/mol. The second kappa shape index (κ2) is 2.47. The summed E-state index contributed by atoms with van der Waals surface area (Å²) in [5.74, 6) is 0. The predicted molar refractivity (Wildman–Crippen MR) is 57.6 cm³/mol. The van der Waals surface area contributed by atoms with Crippen LogP contribution in [0.5, 0.6) is 0 Å². The van der Waals surface area contributed by atoms with Crippen LogP contribution in [0.25, 0.3) is 5.52 Å². The average molecular weight is 185 g/mol. The molecule has 2 heteroatoms. The van der Waals surface area contributed by atoms with E-state index in [-0.39, 0.29) is 0 Å². The van der Waals surface area contributed by atoms with Crippen molar-refractivity contribution in [2.75, 3.05) is 7.05 Å². The van der Waals surface area contributed by atoms with Crippen LogP contribution >= 0.6 is 0 Å². The fourth-order valence-electron chi connectivity index (χ4n) is 2.26. The second-order valence-electron chi connectivity index (χ2n) is 3.97. The summed E-state index contributed by atoms with van der Waals surface area (Å²) < 4.78 is 4.50. The molecule has 2 aromatic heterocycles. The van der Waals surface area contributed by atoms with Crippen LogP contribution in [0, 0.1) is 0 Å². The molecule has 0 saturated carbocycles. The van der Waals surface area contributed by atoms with E-state index in [2.05, 4.69) is 53.5 Å². The predicted octanol–water partition coefficient (Wildman–Crippen LogP) is 2.23. The van der Waals surface area contributed by atoms with Crippen molar-refractivity contribution in [1.82, 2.24) is 4.40 Å². The van der Waals surface area contributed by atoms with E-state index in [9.17, 15) is 0 Å². The summed E-state index contributed by atoms with van der Waals surface area (Å²) in [4.78, 5) is 0. The maximum Gasteiger partial charge on any atom is 0.234 e. The molecule has 0 aliphatic carbocycles. The Hall–Kier alpha value is -1.57. The molecule has 0 saturated heterocycles. The SMILES string of the molecule is CC1=[N+](C)c2c(cn3ccccc23)C1. The Balaban J connectivity index is 2.43. The molecule has 70 valence electrons. The highest BCUT2D eigenvalue weighted by atomic mass is 15.0. The van der Waals surface area contributed by atoms with Gasteiger partial charge in [-0.15, -0.1) is 0 Å². The van der Waals surface area contributed by atoms with Crippen LogP contribution in [-0.4, -0.2) is 21.7 Å². The Morgan fingerprint density at radius 3 is 3.07 bits per heavy atom. The molecular weight excluding hydrogens is 172 g/mol. The van der Waals surface area contributed by atoms with Crippen molar-refractivity contribution in [2.24, 2.45) is 0 Å². The van der Waals surface area contributed by atoms with Crippen LogP contribution in [0.1, 0.15) is 12.5 Å². The van der Waals surface area contributed by atoms with E-state index in [4.69, 9.17) is 0 Å². The molecule has 0 spiro atoms. The maximum atomic E-state index is 2.30. The highest BCUT2D eigenvalue weighted by Gasteiger charge is 2.27. The molecule has 3 heterocycles. The summed E-state index contributed by atoms with van der Waals surface area (Å²) in [6, 6.07) is 6.34. The molecule has 2 aromatic rings. The number of hydrogen-bond acceptors (Lipinski definition) is 0. The van der Waals surface area contributed by atoms with Crippen LogP contribution in [0.2, 0.25) is 0 Å². The van der Waals surface area contributed by atoms with Gasteiger partial charge in [-0.25, -0.2) is 4.58 Å². The fourth-order valence-corrected chi connectivity index (χ4v) is 2.26. The number of hydrogen-bond donors (Lipinski definition) is 0. The Morgan fingerprint density at radius 1 is 1.36 bits per heavy atom. The van der Waals surface area contributed by atoms with E-state index < -0.39 is 0 Å². The smallest absolute Gasteiger partial charge is 0.234 e. The minimum absolute atomic E-state index is 1.09. The van der Waals surface area contributed by atoms with Crippen molar-refractivity contribution in [3.05, 3.63) is 36.2 Å². The highest BCUT2D eigenvalue weighted by molar-refractivity contribution is 5.89. The summed E-state index contributed by atoms with van der Waals surface area (Å²) in [5.41, 5.74) is 5.56. The van der Waals surface area contributed by atoms with Crippen molar-refractivity contribution in [3.8, 4) is 0 Å². The summed E-state index contributed by atoms with van der Waals surface area (Å²) in [6.45, 7) is 2.19. The van der Waals surface area contributed by atoms with Crippen molar-refractivity contribution in [1.29, 1.82) is 0 Å². The van der Waals surface area contributed by atoms with Gasteiger partial charge in [0.2, 0.25) is 5.69 Å². The zero-order valence-corrected chi connectivity index (χ0v) is 8.49. The molecule has 0 amide bonds. The summed E-state index contributed by atoms with van der Waals surface area (Å²) in [7, 11) is 2.15. The molecule has 2 nitrogen and oxygen atoms in total. The minimum atomic E-state index is 1.09. The van der Waals surface area contributed by atoms with Crippen molar-refractivity contribution < 1.29 is 4.58 Å². The number of pyridine rings is 1. The lowest BCUT2D eigenvalue weighted by Crippen LogP contribution is -2.04. The van der Waals surface area contributed by atoms with E-state index in [0.717, 1.165) is 6.42 Å². The Morgan fingerprint density at radius 2 is 2.21 bits per heavy atom. The quantitative estimate of drug-likeness (QED) is 0.556. The number of rotatable bonds is 0. The van der Waals surface area contributed by atoms with Gasteiger partial charge < -0.3 is 4.40 Å². The Kier molecular flexibility index (Phi) is 1.38. The first-order valence-corrected chi connectivity index (χ1v) is 4.92. The molecule has 1 aliphatic heterocycles. The van der Waals surface area contributed by atoms with Gasteiger partial charge in [-0.05, 0) is 12.1 Å². The van der Waals surface area contributed by atoms with Gasteiger partial charge in [0, 0.05) is 19.3 Å². The number of fused-ring (bicyclic) bond motifs is 3. The second-order valence-corrected chi connectivity index (χ2v) is 3.97. The van der Waals surface area contributed by atoms with Gasteiger partial charge in [0.25, 0.3) is 0 Å². The molecular formula is C12H13N2+. The topological polar surface area (TPSA) is 7.42 Å². The standard InChI is InChI=1S/C12H13N2/c1-9-7-10-8-14-6-4-3-5-11(14)12(10)13(9)2/h3-6,8H,7H2,1-2H3/q+1. The molecule has 0 aromatic carbocycles. The van der Waals surface area contributed by atoms with Gasteiger partial charge in [-0.3, -0.25) is 0 Å². The van der Waals surface area contributed by atoms with Gasteiger partial charge in [0.1, 0.15) is 12.6 Å². The third-order valence-corrected chi connectivity index (χ3v) is 3.09. The molecule has 14 heavy (non-hydrogen) atoms. The first-order chi connectivity index (χ1) is 6.77. The van der Waals surface area contributed by atoms with Gasteiger partial charge >= 0.3 is 0 Å². The average Bonchev–Trinajstić information content (AvgIpc) is 2.65. The molecule has 0 N–H and O–H groups in total. The van der Waals surface area contributed by atoms with Gasteiger partial charge in [-0.2, -0.15) is 0 Å². The van der Waals surface area contributed by atoms with E-state index >= 15 is 0 Å². The molecule has 1 aliphatic rings. The third-order valence-electron chi connectivity index (χ3n) is 3.09. The molecule has 0 fully saturated rings. The van der Waals surface area contributed by atoms with Crippen LogP contribution < -0.4 is 0 Å². The normalized spacial score (nSPS) is 15.3. The van der Waals surface area contributed by atoms with E-state index in [1.807, 2.05) is 0 Å². The lowest BCUT2D eigenvalue weighted by molar-refractivity contribution is -0.400. The Labute approximate surface area is 83.1 Å². The van der Waals surface area contributed by atoms with E-state index in [1.54, 1.807) is 0 Å². The summed E-state index contributed by atoms with van der Waals surface area (Å²) >= 11 is 0. The lowest BCUT2D eigenvalue weighted by Gasteiger charge is -1.94. The molecule has 0 radical (unpaired) electrons. The Bertz CT molecular complexity index is 546. The van der Waals surface area contributed by atoms with Crippen LogP contribution in [0.3, 0.4) is 0 Å². The van der Waals surface area contributed by atoms with Crippen LogP contribution in [0.4, 0.5) is 5.69 Å². The summed E-state index contributed by atoms with van der Waals surface area (Å²) in [6.07, 6.45) is 5.43. The van der Waals surface area contributed by atoms with Crippen molar-refractivity contribution >= 4 is 16.9 Å². The number of nitrogens with zero attached hydrogens (tertiary/aromatic N) is 2. The largest absolute Gasteiger partial charge is 0.318 e. The first-order valence-electron chi connectivity index (χ1n) is 4.92. The molecule has 0 atom stereocenters. The zero-order chi connectivity index (χ0) is 9.71. The highest BCUT2D eigenvalue weighted by Crippen LogP contribution is 2.31. The van der Waals surface area contributed by atoms with Gasteiger partial charge in [0.05, 0.1) is 12.0 Å². The minimum Gasteiger partial charge on any atom is -0.318 e. The summed E-state index contributed by atoms with van der Waals surface area (Å²) in [5, 5.41) is 0. The lowest BCUT2D eigenvalue weighted by atomic mass is 10.2. The fraction of sp³-hybridized carbons (Fsp3) is 0.250. The zero-order valence-electron chi connectivity index (χ0n) is 8.49. The third kappa shape index (κ3) is 0.830. The number of aromatic nitrogens is 1. The first kappa shape index (κ1) is 7.80. The molecule has 0 bridgehead atoms. The van der Waals surface area contributed by atoms with Gasteiger partial charge in [0.15, 0.2) is 5.71 Å². The van der Waals surface area contributed by atoms with Crippen molar-refractivity contribution in [2.45, 2.75) is 13.3 Å². The van der Waals surface area contributed by atoms with Crippen LogP contribution in [0.15, 0.2) is 30.6 Å². The van der Waals surface area contributed by atoms with Crippen molar-refractivity contribution in [3.63, 3.8) is 0 Å².